The fourth-order valence-electron chi connectivity index (χ4n) is 3.08. The Morgan fingerprint density at radius 2 is 1.74 bits per heavy atom. The second-order valence-corrected chi connectivity index (χ2v) is 6.31. The van der Waals surface area contributed by atoms with Gasteiger partial charge in [0.05, 0.1) is 5.69 Å². The highest BCUT2D eigenvalue weighted by Crippen LogP contribution is 2.21. The van der Waals surface area contributed by atoms with Gasteiger partial charge in [0, 0.05) is 19.5 Å². The van der Waals surface area contributed by atoms with Crippen LogP contribution in [0.2, 0.25) is 0 Å². The van der Waals surface area contributed by atoms with Crippen LogP contribution in [0, 0.1) is 0 Å². The van der Waals surface area contributed by atoms with E-state index in [-0.39, 0.29) is 0 Å². The summed E-state index contributed by atoms with van der Waals surface area (Å²) in [6.45, 7) is 4.32. The number of hydrogen-bond acceptors (Lipinski definition) is 1. The van der Waals surface area contributed by atoms with E-state index in [9.17, 15) is 0 Å². The number of amidine groups is 1. The first-order valence-corrected chi connectivity index (χ1v) is 8.80. The number of aliphatic imine (C=N–C) groups is 1. The molecule has 0 amide bonds. The van der Waals surface area contributed by atoms with Gasteiger partial charge < -0.3 is 4.90 Å². The highest BCUT2D eigenvalue weighted by molar-refractivity contribution is 5.86. The van der Waals surface area contributed by atoms with Gasteiger partial charge in [-0.15, -0.1) is 0 Å². The van der Waals surface area contributed by atoms with E-state index < -0.39 is 0 Å². The fraction of sp³-hybridized carbons (Fsp3) is 0.381. The van der Waals surface area contributed by atoms with Crippen LogP contribution in [-0.4, -0.2) is 17.3 Å². The van der Waals surface area contributed by atoms with E-state index in [1.165, 1.54) is 42.6 Å². The highest BCUT2D eigenvalue weighted by atomic mass is 15.2. The lowest BCUT2D eigenvalue weighted by molar-refractivity contribution is 0.448. The molecule has 120 valence electrons. The van der Waals surface area contributed by atoms with Crippen molar-refractivity contribution < 1.29 is 0 Å². The first-order chi connectivity index (χ1) is 11.3. The third kappa shape index (κ3) is 4.44. The Morgan fingerprint density at radius 3 is 2.48 bits per heavy atom. The lowest BCUT2D eigenvalue weighted by Crippen LogP contribution is -2.24. The third-order valence-electron chi connectivity index (χ3n) is 4.42. The Bertz CT molecular complexity index is 629. The van der Waals surface area contributed by atoms with Crippen LogP contribution in [0.5, 0.6) is 0 Å². The number of hydrogen-bond donors (Lipinski definition) is 0. The predicted molar refractivity (Wildman–Crippen MR) is 98.2 cm³/mol. The molecule has 0 aliphatic carbocycles. The number of aryl methyl sites for hydroxylation is 1. The zero-order valence-electron chi connectivity index (χ0n) is 14.0. The van der Waals surface area contributed by atoms with Crippen molar-refractivity contribution >= 4 is 11.5 Å². The molecule has 0 atom stereocenters. The maximum atomic E-state index is 4.90. The Kier molecular flexibility index (Phi) is 5.46. The molecule has 2 heteroatoms. The number of benzene rings is 2. The molecule has 1 aliphatic heterocycles. The smallest absolute Gasteiger partial charge is 0.105 e. The molecule has 2 aromatic rings. The van der Waals surface area contributed by atoms with Crippen molar-refractivity contribution in [2.45, 2.75) is 45.6 Å². The van der Waals surface area contributed by atoms with Crippen molar-refractivity contribution in [1.82, 2.24) is 4.90 Å². The molecule has 1 saturated heterocycles. The zero-order valence-corrected chi connectivity index (χ0v) is 14.0. The SMILES string of the molecule is CCCCc1ccc(/N=C2\CCCN2Cc2ccccc2)cc1. The predicted octanol–water partition coefficient (Wildman–Crippen LogP) is 5.36. The Morgan fingerprint density at radius 1 is 0.957 bits per heavy atom. The van der Waals surface area contributed by atoms with E-state index in [1.54, 1.807) is 0 Å². The summed E-state index contributed by atoms with van der Waals surface area (Å²) in [5.74, 6) is 1.23. The lowest BCUT2D eigenvalue weighted by atomic mass is 10.1. The molecule has 1 heterocycles. The molecular weight excluding hydrogens is 280 g/mol. The number of unbranched alkanes of at least 4 members (excludes halogenated alkanes) is 1. The maximum absolute atomic E-state index is 4.90. The molecule has 2 nitrogen and oxygen atoms in total. The maximum Gasteiger partial charge on any atom is 0.105 e. The van der Waals surface area contributed by atoms with Crippen LogP contribution >= 0.6 is 0 Å². The monoisotopic (exact) mass is 306 g/mol. The van der Waals surface area contributed by atoms with Crippen LogP contribution in [0.1, 0.15) is 43.7 Å². The summed E-state index contributed by atoms with van der Waals surface area (Å²) in [5, 5.41) is 0. The second-order valence-electron chi connectivity index (χ2n) is 6.31. The number of likely N-dealkylation sites (tertiary alicyclic amines) is 1. The van der Waals surface area contributed by atoms with E-state index in [1.807, 2.05) is 0 Å². The highest BCUT2D eigenvalue weighted by Gasteiger charge is 2.18. The van der Waals surface area contributed by atoms with Crippen LogP contribution in [0.3, 0.4) is 0 Å². The molecule has 0 radical (unpaired) electrons. The summed E-state index contributed by atoms with van der Waals surface area (Å²) in [6, 6.07) is 19.5. The molecule has 0 bridgehead atoms. The fourth-order valence-corrected chi connectivity index (χ4v) is 3.08. The van der Waals surface area contributed by atoms with Crippen molar-refractivity contribution in [3.63, 3.8) is 0 Å². The van der Waals surface area contributed by atoms with Crippen LogP contribution in [0.4, 0.5) is 5.69 Å². The average molecular weight is 306 g/mol. The molecule has 0 aromatic heterocycles. The third-order valence-corrected chi connectivity index (χ3v) is 4.42. The Labute approximate surface area is 139 Å². The van der Waals surface area contributed by atoms with E-state index in [2.05, 4.69) is 66.4 Å². The molecular formula is C21H26N2. The van der Waals surface area contributed by atoms with Crippen LogP contribution in [0.15, 0.2) is 59.6 Å². The first kappa shape index (κ1) is 15.8. The van der Waals surface area contributed by atoms with Gasteiger partial charge in [-0.2, -0.15) is 0 Å². The van der Waals surface area contributed by atoms with E-state index >= 15 is 0 Å². The summed E-state index contributed by atoms with van der Waals surface area (Å²) < 4.78 is 0. The summed E-state index contributed by atoms with van der Waals surface area (Å²) in [4.78, 5) is 7.32. The van der Waals surface area contributed by atoms with Crippen molar-refractivity contribution in [1.29, 1.82) is 0 Å². The standard InChI is InChI=1S/C21H26N2/c1-2-3-8-18-12-14-20(15-13-18)22-21-11-7-16-23(21)17-19-9-5-4-6-10-19/h4-6,9-10,12-15H,2-3,7-8,11,16-17H2,1H3/b22-21+. The lowest BCUT2D eigenvalue weighted by Gasteiger charge is -2.19. The van der Waals surface area contributed by atoms with Gasteiger partial charge in [0.1, 0.15) is 5.84 Å². The minimum absolute atomic E-state index is 0.967. The van der Waals surface area contributed by atoms with E-state index in [0.29, 0.717) is 0 Å². The minimum Gasteiger partial charge on any atom is -0.356 e. The summed E-state index contributed by atoms with van der Waals surface area (Å²) in [7, 11) is 0. The quantitative estimate of drug-likeness (QED) is 0.702. The molecule has 0 N–H and O–H groups in total. The number of nitrogens with zero attached hydrogens (tertiary/aromatic N) is 2. The molecule has 0 unspecified atom stereocenters. The molecule has 1 aliphatic rings. The van der Waals surface area contributed by atoms with Crippen LogP contribution in [-0.2, 0) is 13.0 Å². The van der Waals surface area contributed by atoms with Gasteiger partial charge in [-0.3, -0.25) is 0 Å². The Balaban J connectivity index is 1.68. The zero-order chi connectivity index (χ0) is 15.9. The average Bonchev–Trinajstić information content (AvgIpc) is 3.02. The van der Waals surface area contributed by atoms with Gasteiger partial charge in [0.2, 0.25) is 0 Å². The van der Waals surface area contributed by atoms with Gasteiger partial charge in [-0.05, 0) is 42.5 Å². The van der Waals surface area contributed by atoms with Crippen molar-refractivity contribution in [2.75, 3.05) is 6.54 Å². The largest absolute Gasteiger partial charge is 0.356 e. The molecule has 23 heavy (non-hydrogen) atoms. The molecule has 0 spiro atoms. The van der Waals surface area contributed by atoms with Crippen molar-refractivity contribution in [3.05, 3.63) is 65.7 Å². The van der Waals surface area contributed by atoms with Crippen molar-refractivity contribution in [3.8, 4) is 0 Å². The molecule has 1 fully saturated rings. The Hall–Kier alpha value is -2.09. The van der Waals surface area contributed by atoms with Gasteiger partial charge in [0.25, 0.3) is 0 Å². The van der Waals surface area contributed by atoms with E-state index in [0.717, 1.165) is 25.2 Å². The second kappa shape index (κ2) is 7.96. The summed E-state index contributed by atoms with van der Waals surface area (Å²) in [6.07, 6.45) is 5.98. The van der Waals surface area contributed by atoms with Gasteiger partial charge in [-0.25, -0.2) is 4.99 Å². The topological polar surface area (TPSA) is 15.6 Å². The molecule has 2 aromatic carbocycles. The van der Waals surface area contributed by atoms with Gasteiger partial charge in [0.15, 0.2) is 0 Å². The summed E-state index contributed by atoms with van der Waals surface area (Å²) in [5.41, 5.74) is 3.86. The van der Waals surface area contributed by atoms with E-state index in [4.69, 9.17) is 4.99 Å². The minimum atomic E-state index is 0.967. The molecule has 3 rings (SSSR count). The number of rotatable bonds is 6. The summed E-state index contributed by atoms with van der Waals surface area (Å²) >= 11 is 0. The van der Waals surface area contributed by atoms with Crippen LogP contribution in [0.25, 0.3) is 0 Å². The van der Waals surface area contributed by atoms with Crippen LogP contribution < -0.4 is 0 Å². The first-order valence-electron chi connectivity index (χ1n) is 8.80. The van der Waals surface area contributed by atoms with Gasteiger partial charge >= 0.3 is 0 Å². The normalized spacial score (nSPS) is 16.2. The van der Waals surface area contributed by atoms with Crippen molar-refractivity contribution in [2.24, 2.45) is 4.99 Å². The molecule has 0 saturated carbocycles. The van der Waals surface area contributed by atoms with Gasteiger partial charge in [-0.1, -0.05) is 55.8 Å².